The zero-order chi connectivity index (χ0) is 17.2. The standard InChI is InChI=1S/C17H27N3O3S/c1-13-10-24-15(18-13)8-20-6-4-14-17(11-20,5-7-23-14)12-22-9-16(21)19(2)3/h10,14H,4-9,11-12H2,1-3H3/t14-,17+/m0/s1. The number of carbonyl (C=O) groups excluding carboxylic acids is 1. The summed E-state index contributed by atoms with van der Waals surface area (Å²) in [7, 11) is 3.51. The van der Waals surface area contributed by atoms with Crippen molar-refractivity contribution in [2.24, 2.45) is 5.41 Å². The first-order chi connectivity index (χ1) is 11.5. The van der Waals surface area contributed by atoms with Crippen LogP contribution in [0.3, 0.4) is 0 Å². The average Bonchev–Trinajstić information content (AvgIpc) is 3.13. The number of piperidine rings is 1. The molecule has 1 aromatic rings. The molecule has 0 unspecified atom stereocenters. The number of aromatic nitrogens is 1. The lowest BCUT2D eigenvalue weighted by atomic mass is 9.77. The Bertz CT molecular complexity index is 577. The van der Waals surface area contributed by atoms with Gasteiger partial charge in [-0.3, -0.25) is 9.69 Å². The summed E-state index contributed by atoms with van der Waals surface area (Å²) < 4.78 is 11.7. The molecule has 7 heteroatoms. The highest BCUT2D eigenvalue weighted by atomic mass is 32.1. The fourth-order valence-corrected chi connectivity index (χ4v) is 4.43. The number of likely N-dealkylation sites (tertiary alicyclic amines) is 1. The molecule has 3 heterocycles. The second-order valence-corrected chi connectivity index (χ2v) is 8.08. The summed E-state index contributed by atoms with van der Waals surface area (Å²) in [5.41, 5.74) is 1.10. The summed E-state index contributed by atoms with van der Waals surface area (Å²) in [4.78, 5) is 20.3. The molecule has 0 bridgehead atoms. The van der Waals surface area contributed by atoms with Crippen molar-refractivity contribution in [3.05, 3.63) is 16.1 Å². The maximum absolute atomic E-state index is 11.7. The normalized spacial score (nSPS) is 27.2. The SMILES string of the molecule is Cc1csc(CN2CC[C@@H]3OCC[C@]3(COCC(=O)N(C)C)C2)n1. The Labute approximate surface area is 147 Å². The van der Waals surface area contributed by atoms with E-state index in [1.165, 1.54) is 5.01 Å². The van der Waals surface area contributed by atoms with E-state index in [1.807, 2.05) is 6.92 Å². The molecule has 2 fully saturated rings. The second kappa shape index (κ2) is 7.47. The highest BCUT2D eigenvalue weighted by Gasteiger charge is 2.48. The number of thiazole rings is 1. The van der Waals surface area contributed by atoms with Gasteiger partial charge in [-0.2, -0.15) is 0 Å². The van der Waals surface area contributed by atoms with E-state index in [-0.39, 0.29) is 24.0 Å². The third-order valence-electron chi connectivity index (χ3n) is 4.99. The zero-order valence-electron chi connectivity index (χ0n) is 14.8. The maximum Gasteiger partial charge on any atom is 0.248 e. The number of amides is 1. The first-order valence-electron chi connectivity index (χ1n) is 8.51. The first-order valence-corrected chi connectivity index (χ1v) is 9.39. The number of nitrogens with zero attached hydrogens (tertiary/aromatic N) is 3. The third-order valence-corrected chi connectivity index (χ3v) is 5.94. The van der Waals surface area contributed by atoms with E-state index in [2.05, 4.69) is 15.3 Å². The van der Waals surface area contributed by atoms with E-state index in [1.54, 1.807) is 30.3 Å². The van der Waals surface area contributed by atoms with Gasteiger partial charge in [-0.25, -0.2) is 4.98 Å². The van der Waals surface area contributed by atoms with Crippen molar-refractivity contribution >= 4 is 17.2 Å². The minimum Gasteiger partial charge on any atom is -0.377 e. The van der Waals surface area contributed by atoms with Crippen molar-refractivity contribution in [3.8, 4) is 0 Å². The molecule has 0 saturated carbocycles. The largest absolute Gasteiger partial charge is 0.377 e. The zero-order valence-corrected chi connectivity index (χ0v) is 15.6. The highest BCUT2D eigenvalue weighted by Crippen LogP contribution is 2.41. The van der Waals surface area contributed by atoms with Crippen molar-refractivity contribution in [2.75, 3.05) is 47.0 Å². The van der Waals surface area contributed by atoms with Crippen LogP contribution in [0, 0.1) is 12.3 Å². The number of fused-ring (bicyclic) bond motifs is 1. The van der Waals surface area contributed by atoms with Gasteiger partial charge >= 0.3 is 0 Å². The van der Waals surface area contributed by atoms with Gasteiger partial charge in [0.2, 0.25) is 5.91 Å². The molecule has 134 valence electrons. The van der Waals surface area contributed by atoms with E-state index >= 15 is 0 Å². The van der Waals surface area contributed by atoms with Crippen LogP contribution in [-0.2, 0) is 20.8 Å². The molecular weight excluding hydrogens is 326 g/mol. The first kappa shape index (κ1) is 17.8. The van der Waals surface area contributed by atoms with Crippen LogP contribution in [0.1, 0.15) is 23.5 Å². The fraction of sp³-hybridized carbons (Fsp3) is 0.765. The molecule has 0 aromatic carbocycles. The van der Waals surface area contributed by atoms with E-state index in [9.17, 15) is 4.79 Å². The summed E-state index contributed by atoms with van der Waals surface area (Å²) in [6.45, 7) is 6.43. The van der Waals surface area contributed by atoms with Crippen LogP contribution in [0.4, 0.5) is 0 Å². The molecule has 2 saturated heterocycles. The average molecular weight is 353 g/mol. The summed E-state index contributed by atoms with van der Waals surface area (Å²) in [5.74, 6) is 0.00721. The van der Waals surface area contributed by atoms with Crippen LogP contribution in [-0.4, -0.2) is 73.8 Å². The predicted molar refractivity (Wildman–Crippen MR) is 93.0 cm³/mol. The molecule has 24 heavy (non-hydrogen) atoms. The molecule has 0 N–H and O–H groups in total. The van der Waals surface area contributed by atoms with Crippen LogP contribution < -0.4 is 0 Å². The number of rotatable bonds is 6. The van der Waals surface area contributed by atoms with Gasteiger partial charge in [0.25, 0.3) is 0 Å². The van der Waals surface area contributed by atoms with Gasteiger partial charge in [-0.1, -0.05) is 0 Å². The molecule has 1 aromatic heterocycles. The van der Waals surface area contributed by atoms with Crippen molar-refractivity contribution < 1.29 is 14.3 Å². The Kier molecular flexibility index (Phi) is 5.54. The molecule has 0 radical (unpaired) electrons. The summed E-state index contributed by atoms with van der Waals surface area (Å²) in [6, 6.07) is 0. The van der Waals surface area contributed by atoms with Gasteiger partial charge in [0, 0.05) is 50.3 Å². The van der Waals surface area contributed by atoms with E-state index in [4.69, 9.17) is 9.47 Å². The van der Waals surface area contributed by atoms with E-state index in [0.29, 0.717) is 6.61 Å². The minimum atomic E-state index is 0.00721. The van der Waals surface area contributed by atoms with Gasteiger partial charge in [0.15, 0.2) is 0 Å². The lowest BCUT2D eigenvalue weighted by Crippen LogP contribution is -2.51. The van der Waals surface area contributed by atoms with Gasteiger partial charge in [-0.15, -0.1) is 11.3 Å². The number of carbonyl (C=O) groups is 1. The van der Waals surface area contributed by atoms with Crippen LogP contribution in [0.5, 0.6) is 0 Å². The van der Waals surface area contributed by atoms with Crippen LogP contribution in [0.25, 0.3) is 0 Å². The summed E-state index contributed by atoms with van der Waals surface area (Å²) in [5, 5.41) is 3.27. The van der Waals surface area contributed by atoms with Crippen molar-refractivity contribution in [2.45, 2.75) is 32.4 Å². The molecule has 2 atom stereocenters. The number of likely N-dealkylation sites (N-methyl/N-ethyl adjacent to an activating group) is 1. The monoisotopic (exact) mass is 353 g/mol. The minimum absolute atomic E-state index is 0.00721. The lowest BCUT2D eigenvalue weighted by molar-refractivity contribution is -0.136. The van der Waals surface area contributed by atoms with Crippen molar-refractivity contribution in [3.63, 3.8) is 0 Å². The van der Waals surface area contributed by atoms with Crippen LogP contribution in [0.15, 0.2) is 5.38 Å². The van der Waals surface area contributed by atoms with E-state index in [0.717, 1.165) is 44.8 Å². The van der Waals surface area contributed by atoms with Gasteiger partial charge < -0.3 is 14.4 Å². The Morgan fingerprint density at radius 2 is 2.42 bits per heavy atom. The second-order valence-electron chi connectivity index (χ2n) is 7.13. The molecular formula is C17H27N3O3S. The Balaban J connectivity index is 1.59. The molecule has 2 aliphatic rings. The molecule has 0 aliphatic carbocycles. The Hall–Kier alpha value is -1.02. The van der Waals surface area contributed by atoms with Crippen LogP contribution in [0.2, 0.25) is 0 Å². The smallest absolute Gasteiger partial charge is 0.248 e. The molecule has 0 spiro atoms. The lowest BCUT2D eigenvalue weighted by Gasteiger charge is -2.43. The fourth-order valence-electron chi connectivity index (χ4n) is 3.62. The van der Waals surface area contributed by atoms with Crippen LogP contribution >= 0.6 is 11.3 Å². The predicted octanol–water partition coefficient (Wildman–Crippen LogP) is 1.54. The van der Waals surface area contributed by atoms with Crippen molar-refractivity contribution in [1.29, 1.82) is 0 Å². The third kappa shape index (κ3) is 3.96. The van der Waals surface area contributed by atoms with Gasteiger partial charge in [0.1, 0.15) is 11.6 Å². The van der Waals surface area contributed by atoms with Gasteiger partial charge in [-0.05, 0) is 19.8 Å². The summed E-state index contributed by atoms with van der Waals surface area (Å²) >= 11 is 1.73. The number of hydrogen-bond acceptors (Lipinski definition) is 6. The maximum atomic E-state index is 11.7. The molecule has 6 nitrogen and oxygen atoms in total. The van der Waals surface area contributed by atoms with Gasteiger partial charge in [0.05, 0.1) is 19.3 Å². The van der Waals surface area contributed by atoms with E-state index < -0.39 is 0 Å². The quantitative estimate of drug-likeness (QED) is 0.776. The molecule has 1 amide bonds. The Morgan fingerprint density at radius 1 is 1.58 bits per heavy atom. The highest BCUT2D eigenvalue weighted by molar-refractivity contribution is 7.09. The molecule has 2 aliphatic heterocycles. The number of aryl methyl sites for hydroxylation is 1. The Morgan fingerprint density at radius 3 is 3.12 bits per heavy atom. The number of hydrogen-bond donors (Lipinski definition) is 0. The topological polar surface area (TPSA) is 54.9 Å². The number of ether oxygens (including phenoxy) is 2. The van der Waals surface area contributed by atoms with Crippen molar-refractivity contribution in [1.82, 2.24) is 14.8 Å². The summed E-state index contributed by atoms with van der Waals surface area (Å²) in [6.07, 6.45) is 2.28. The molecule has 3 rings (SSSR count).